The SMILES string of the molecule is CCCCCCCCCCCCCCCCCCNC(=O)OC(C)C[NH+](CC[N+](CC[N+](CC(C)OC(=O)NCCCCCCCC)(C(=O)c1ccccc1)C(C)C)(CC[N+](CC(C)OC(=O)NCCCCCCCCCCCCCCCCCC)(C(=O)c1ccccc1)C(C)C)C(=O)c1ccccc1)CC(C)O. The normalized spacial score (nSPS) is 14.7. The number of alkyl carbamates (subject to hydrolysis) is 3. The maximum absolute atomic E-state index is 16.5. The third kappa shape index (κ3) is 41.6. The van der Waals surface area contributed by atoms with Crippen LogP contribution in [0.5, 0.6) is 0 Å². The van der Waals surface area contributed by atoms with Crippen LogP contribution in [-0.2, 0) is 14.2 Å². The predicted octanol–water partition coefficient (Wildman–Crippen LogP) is 20.3. The first kappa shape index (κ1) is 97.5. The molecule has 620 valence electrons. The zero-order chi connectivity index (χ0) is 79.6. The van der Waals surface area contributed by atoms with Gasteiger partial charge in [0.15, 0.2) is 12.2 Å². The van der Waals surface area contributed by atoms with Crippen molar-refractivity contribution in [2.45, 2.75) is 357 Å². The number of aliphatic hydroxyl groups is 1. The minimum atomic E-state index is -0.766. The number of rotatable bonds is 66. The van der Waals surface area contributed by atoms with Gasteiger partial charge in [0.1, 0.15) is 77.7 Å². The van der Waals surface area contributed by atoms with Crippen LogP contribution in [0.1, 0.15) is 351 Å². The van der Waals surface area contributed by atoms with E-state index in [4.69, 9.17) is 14.2 Å². The second-order valence-electron chi connectivity index (χ2n) is 33.0. The van der Waals surface area contributed by atoms with Crippen molar-refractivity contribution in [3.8, 4) is 0 Å². The summed E-state index contributed by atoms with van der Waals surface area (Å²) < 4.78 is 17.9. The maximum atomic E-state index is 16.5. The highest BCUT2D eigenvalue weighted by Crippen LogP contribution is 2.29. The summed E-state index contributed by atoms with van der Waals surface area (Å²) in [5.74, 6) is -0.582. The minimum Gasteiger partial charge on any atom is -0.441 e. The topological polar surface area (TPSA) is 191 Å². The Balaban J connectivity index is 2.01. The second kappa shape index (κ2) is 60.0. The molecule has 17 nitrogen and oxygen atoms in total. The number of unbranched alkanes of at least 4 members (excludes halogenated alkanes) is 35. The average Bonchev–Trinajstić information content (AvgIpc) is 0.750. The van der Waals surface area contributed by atoms with E-state index in [1.165, 1.54) is 173 Å². The van der Waals surface area contributed by atoms with E-state index in [1.54, 1.807) is 6.92 Å². The standard InChI is InChI=1S/C92H157N7O10/c1-12-15-18-21-24-26-28-30-32-34-36-38-40-42-45-57-65-93-90(104)107-81(9)75-96(74-80(8)100)68-69-97(87(101)84-59-50-47-51-60-84,70-72-98(78(4)5,88(102)85-61-52-48-53-62-85)76-82(10)108-91(105)94-66-56-44-23-20-17-14-3)71-73-99(79(6)7,89(103)86-63-54-49-55-64-86)77-83(11)109-92(106)95-67-58-46-43-41-39-37-35-33-31-29-27-25-22-19-16-13-2/h47-55,59-64,78-83,100H,12-46,56-58,65-77H2,1-11H3/p+4. The summed E-state index contributed by atoms with van der Waals surface area (Å²) in [5.41, 5.74) is 1.40. The van der Waals surface area contributed by atoms with Gasteiger partial charge in [-0.25, -0.2) is 42.2 Å². The molecule has 5 N–H and O–H groups in total. The fraction of sp³-hybridized carbons (Fsp3) is 0.739. The van der Waals surface area contributed by atoms with E-state index in [2.05, 4.69) is 36.7 Å². The number of amides is 6. The molecule has 3 rings (SSSR count). The lowest BCUT2D eigenvalue weighted by molar-refractivity contribution is -0.964. The smallest absolute Gasteiger partial charge is 0.407 e. The van der Waals surface area contributed by atoms with Crippen molar-refractivity contribution in [2.75, 3.05) is 85.1 Å². The summed E-state index contributed by atoms with van der Waals surface area (Å²) in [7, 11) is 0. The summed E-state index contributed by atoms with van der Waals surface area (Å²) in [4.78, 5) is 90.2. The van der Waals surface area contributed by atoms with Crippen molar-refractivity contribution in [1.29, 1.82) is 0 Å². The number of benzene rings is 3. The van der Waals surface area contributed by atoms with Crippen LogP contribution in [0.4, 0.5) is 14.4 Å². The Hall–Kier alpha value is -5.72. The minimum absolute atomic E-state index is 0.0973. The molecule has 109 heavy (non-hydrogen) atoms. The monoisotopic (exact) mass is 1520 g/mol. The van der Waals surface area contributed by atoms with Gasteiger partial charge >= 0.3 is 36.0 Å². The van der Waals surface area contributed by atoms with Crippen molar-refractivity contribution in [2.24, 2.45) is 0 Å². The van der Waals surface area contributed by atoms with E-state index >= 15 is 14.4 Å². The Morgan fingerprint density at radius 3 is 0.853 bits per heavy atom. The number of hydrogen-bond donors (Lipinski definition) is 5. The van der Waals surface area contributed by atoms with E-state index in [1.807, 2.05) is 139 Å². The third-order valence-corrected chi connectivity index (χ3v) is 22.7. The van der Waals surface area contributed by atoms with Gasteiger partial charge in [0.2, 0.25) is 0 Å². The molecule has 0 saturated carbocycles. The number of quaternary nitrogens is 4. The molecular weight excluding hydrogens is 1360 g/mol. The molecule has 6 amide bonds. The van der Waals surface area contributed by atoms with Gasteiger partial charge in [-0.1, -0.05) is 300 Å². The van der Waals surface area contributed by atoms with Gasteiger partial charge in [0.05, 0.1) is 28.8 Å². The molecule has 0 aliphatic rings. The van der Waals surface area contributed by atoms with Crippen molar-refractivity contribution in [3.63, 3.8) is 0 Å². The lowest BCUT2D eigenvalue weighted by Crippen LogP contribution is -3.15. The number of nitrogens with zero attached hydrogens (tertiary/aromatic N) is 3. The highest BCUT2D eigenvalue weighted by atomic mass is 16.6. The lowest BCUT2D eigenvalue weighted by atomic mass is 10.0. The maximum Gasteiger partial charge on any atom is 0.407 e. The van der Waals surface area contributed by atoms with Gasteiger partial charge in [-0.05, 0) is 111 Å². The fourth-order valence-electron chi connectivity index (χ4n) is 15.9. The molecule has 0 aliphatic heterocycles. The van der Waals surface area contributed by atoms with Crippen molar-refractivity contribution >= 4 is 36.0 Å². The van der Waals surface area contributed by atoms with Gasteiger partial charge in [-0.3, -0.25) is 0 Å². The van der Waals surface area contributed by atoms with Gasteiger partial charge in [-0.2, -0.15) is 0 Å². The molecule has 8 atom stereocenters. The first-order valence-corrected chi connectivity index (χ1v) is 44.4. The Morgan fingerprint density at radius 1 is 0.330 bits per heavy atom. The molecule has 8 unspecified atom stereocenters. The summed E-state index contributed by atoms with van der Waals surface area (Å²) >= 11 is 0. The van der Waals surface area contributed by atoms with Crippen LogP contribution >= 0.6 is 0 Å². The lowest BCUT2D eigenvalue weighted by Gasteiger charge is -2.46. The second-order valence-corrected chi connectivity index (χ2v) is 33.0. The Kier molecular flexibility index (Phi) is 53.6. The summed E-state index contributed by atoms with van der Waals surface area (Å²) in [6.45, 7) is 25.2. The van der Waals surface area contributed by atoms with Crippen LogP contribution in [0.15, 0.2) is 91.0 Å². The molecule has 0 heterocycles. The van der Waals surface area contributed by atoms with Gasteiger partial charge < -0.3 is 40.2 Å². The Bertz CT molecular complexity index is 2810. The first-order valence-electron chi connectivity index (χ1n) is 44.4. The van der Waals surface area contributed by atoms with Crippen molar-refractivity contribution in [3.05, 3.63) is 108 Å². The van der Waals surface area contributed by atoms with Crippen LogP contribution < -0.4 is 20.9 Å². The fourth-order valence-corrected chi connectivity index (χ4v) is 15.9. The highest BCUT2D eigenvalue weighted by molar-refractivity contribution is 5.90. The van der Waals surface area contributed by atoms with Gasteiger partial charge in [0, 0.05) is 19.6 Å². The van der Waals surface area contributed by atoms with E-state index in [9.17, 15) is 19.5 Å². The first-order chi connectivity index (χ1) is 52.7. The third-order valence-electron chi connectivity index (χ3n) is 22.7. The molecule has 17 heteroatoms. The van der Waals surface area contributed by atoms with E-state index in [0.717, 1.165) is 75.5 Å². The molecule has 0 saturated heterocycles. The largest absolute Gasteiger partial charge is 0.441 e. The van der Waals surface area contributed by atoms with E-state index in [0.29, 0.717) is 49.4 Å². The molecule has 3 aromatic rings. The summed E-state index contributed by atoms with van der Waals surface area (Å²) in [5, 5.41) is 20.3. The molecule has 3 aromatic carbocycles. The predicted molar refractivity (Wildman–Crippen MR) is 449 cm³/mol. The zero-order valence-electron chi connectivity index (χ0n) is 71.1. The molecule has 0 bridgehead atoms. The number of carbonyl (C=O) groups is 6. The number of nitrogens with one attached hydrogen (secondary N) is 4. The van der Waals surface area contributed by atoms with Crippen LogP contribution in [0.3, 0.4) is 0 Å². The molecular formula is C92H161N7O10+4. The van der Waals surface area contributed by atoms with E-state index in [-0.39, 0.29) is 95.6 Å². The van der Waals surface area contributed by atoms with Crippen molar-refractivity contribution < 1.29 is 66.4 Å². The molecule has 0 fully saturated rings. The Morgan fingerprint density at radius 2 is 0.587 bits per heavy atom. The summed E-state index contributed by atoms with van der Waals surface area (Å²) in [6.07, 6.45) is 42.4. The number of ether oxygens (including phenoxy) is 3. The van der Waals surface area contributed by atoms with E-state index < -0.39 is 42.7 Å². The number of hydrogen-bond acceptors (Lipinski definition) is 10. The number of aliphatic hydroxyl groups excluding tert-OH is 1. The molecule has 0 spiro atoms. The zero-order valence-corrected chi connectivity index (χ0v) is 71.1. The van der Waals surface area contributed by atoms with Crippen LogP contribution in [0, 0.1) is 0 Å². The average molecular weight is 1530 g/mol. The van der Waals surface area contributed by atoms with Gasteiger partial charge in [0.25, 0.3) is 0 Å². The quantitative estimate of drug-likeness (QED) is 0.0206. The molecule has 0 aromatic heterocycles. The van der Waals surface area contributed by atoms with Crippen LogP contribution in [0.25, 0.3) is 0 Å². The highest BCUT2D eigenvalue weighted by Gasteiger charge is 2.51. The molecule has 0 radical (unpaired) electrons. The van der Waals surface area contributed by atoms with Crippen molar-refractivity contribution in [1.82, 2.24) is 16.0 Å². The van der Waals surface area contributed by atoms with Crippen LogP contribution in [-0.4, -0.2) is 176 Å². The number of carbonyl (C=O) groups excluding carboxylic acids is 6. The Labute approximate surface area is 664 Å². The molecule has 0 aliphatic carbocycles. The van der Waals surface area contributed by atoms with Gasteiger partial charge in [-0.15, -0.1) is 0 Å². The van der Waals surface area contributed by atoms with Crippen LogP contribution in [0.2, 0.25) is 0 Å². The summed E-state index contributed by atoms with van der Waals surface area (Å²) in [6, 6.07) is 26.8.